The number of rotatable bonds is 6. The molecule has 1 atom stereocenters. The van der Waals surface area contributed by atoms with Crippen LogP contribution in [0.5, 0.6) is 0 Å². The molecular formula is C15H24ClN3O4S. The van der Waals surface area contributed by atoms with E-state index in [9.17, 15) is 13.2 Å². The maximum Gasteiger partial charge on any atom is 0.419 e. The number of halogens is 1. The highest BCUT2D eigenvalue weighted by Crippen LogP contribution is 2.22. The van der Waals surface area contributed by atoms with Crippen LogP contribution in [-0.4, -0.2) is 25.1 Å². The van der Waals surface area contributed by atoms with Gasteiger partial charge in [0.05, 0.1) is 10.4 Å². The number of aromatic nitrogens is 1. The van der Waals surface area contributed by atoms with E-state index in [-0.39, 0.29) is 29.4 Å². The van der Waals surface area contributed by atoms with E-state index in [1.807, 2.05) is 13.8 Å². The third-order valence-electron chi connectivity index (χ3n) is 3.76. The third kappa shape index (κ3) is 4.18. The summed E-state index contributed by atoms with van der Waals surface area (Å²) in [5.74, 6) is -0.241. The predicted molar refractivity (Wildman–Crippen MR) is 95.9 cm³/mol. The quantitative estimate of drug-likeness (QED) is 0.794. The van der Waals surface area contributed by atoms with Gasteiger partial charge in [0, 0.05) is 25.2 Å². The maximum absolute atomic E-state index is 12.6. The van der Waals surface area contributed by atoms with Gasteiger partial charge in [-0.15, -0.1) is 12.4 Å². The van der Waals surface area contributed by atoms with Gasteiger partial charge < -0.3 is 10.2 Å². The molecule has 2 rings (SSSR count). The first-order chi connectivity index (χ1) is 10.6. The molecule has 3 N–H and O–H groups in total. The molecule has 0 aliphatic rings. The summed E-state index contributed by atoms with van der Waals surface area (Å²) in [6, 6.07) is 4.36. The number of hydrogen-bond donors (Lipinski definition) is 2. The highest BCUT2D eigenvalue weighted by atomic mass is 35.5. The largest absolute Gasteiger partial charge is 0.419 e. The molecule has 0 radical (unpaired) electrons. The van der Waals surface area contributed by atoms with Gasteiger partial charge in [-0.2, -0.15) is 0 Å². The number of oxazole rings is 1. The van der Waals surface area contributed by atoms with Crippen LogP contribution in [0.15, 0.2) is 32.3 Å². The first kappa shape index (κ1) is 20.7. The maximum atomic E-state index is 12.6. The number of aryl methyl sites for hydroxylation is 1. The second-order valence-electron chi connectivity index (χ2n) is 6.52. The van der Waals surface area contributed by atoms with Crippen LogP contribution < -0.4 is 16.2 Å². The van der Waals surface area contributed by atoms with E-state index >= 15 is 0 Å². The molecule has 0 bridgehead atoms. The first-order valence-electron chi connectivity index (χ1n) is 7.41. The lowest BCUT2D eigenvalue weighted by Crippen LogP contribution is -2.51. The van der Waals surface area contributed by atoms with Gasteiger partial charge in [0.25, 0.3) is 0 Å². The molecule has 0 fully saturated rings. The van der Waals surface area contributed by atoms with Crippen molar-refractivity contribution in [2.24, 2.45) is 18.7 Å². The molecule has 7 nitrogen and oxygen atoms in total. The third-order valence-corrected chi connectivity index (χ3v) is 5.40. The van der Waals surface area contributed by atoms with Crippen LogP contribution in [0.1, 0.15) is 27.2 Å². The summed E-state index contributed by atoms with van der Waals surface area (Å²) in [6.07, 6.45) is 0.616. The van der Waals surface area contributed by atoms with Crippen LogP contribution in [0, 0.1) is 5.92 Å². The molecule has 0 spiro atoms. The Morgan fingerprint density at radius 2 is 2.00 bits per heavy atom. The normalized spacial score (nSPS) is 14.6. The van der Waals surface area contributed by atoms with Crippen LogP contribution in [0.3, 0.4) is 0 Å². The van der Waals surface area contributed by atoms with E-state index in [0.29, 0.717) is 17.9 Å². The zero-order chi connectivity index (χ0) is 17.4. The minimum absolute atomic E-state index is 0. The van der Waals surface area contributed by atoms with E-state index in [2.05, 4.69) is 4.72 Å². The number of nitrogens with zero attached hydrogens (tertiary/aromatic N) is 1. The summed E-state index contributed by atoms with van der Waals surface area (Å²) in [6.45, 7) is 5.98. The Bertz CT molecular complexity index is 872. The standard InChI is InChI=1S/C15H23N3O4S.ClH/c1-10(2)8-15(3,9-16)17-23(20,21)11-5-6-12-13(7-11)22-14(19)18(12)4;/h5-7,10,17H,8-9,16H2,1-4H3;1H. The van der Waals surface area contributed by atoms with Gasteiger partial charge in [-0.3, -0.25) is 4.57 Å². The second-order valence-corrected chi connectivity index (χ2v) is 8.21. The fraction of sp³-hybridized carbons (Fsp3) is 0.533. The molecule has 0 saturated heterocycles. The van der Waals surface area contributed by atoms with E-state index in [0.717, 1.165) is 0 Å². The Morgan fingerprint density at radius 1 is 1.38 bits per heavy atom. The van der Waals surface area contributed by atoms with Gasteiger partial charge in [0.2, 0.25) is 10.0 Å². The van der Waals surface area contributed by atoms with E-state index in [1.54, 1.807) is 20.0 Å². The fourth-order valence-electron chi connectivity index (χ4n) is 2.73. The van der Waals surface area contributed by atoms with Crippen LogP contribution in [0.4, 0.5) is 0 Å². The van der Waals surface area contributed by atoms with Crippen molar-refractivity contribution in [1.29, 1.82) is 0 Å². The van der Waals surface area contributed by atoms with Gasteiger partial charge in [0.15, 0.2) is 5.58 Å². The Balaban J connectivity index is 0.00000288. The molecule has 1 aromatic heterocycles. The molecule has 1 unspecified atom stereocenters. The van der Waals surface area contributed by atoms with Crippen molar-refractivity contribution >= 4 is 33.5 Å². The number of fused-ring (bicyclic) bond motifs is 1. The number of nitrogens with one attached hydrogen (secondary N) is 1. The van der Waals surface area contributed by atoms with E-state index < -0.39 is 21.3 Å². The van der Waals surface area contributed by atoms with Crippen molar-refractivity contribution in [3.05, 3.63) is 28.7 Å². The summed E-state index contributed by atoms with van der Waals surface area (Å²) in [4.78, 5) is 11.6. The minimum Gasteiger partial charge on any atom is -0.408 e. The van der Waals surface area contributed by atoms with Crippen molar-refractivity contribution in [1.82, 2.24) is 9.29 Å². The molecule has 0 aliphatic carbocycles. The lowest BCUT2D eigenvalue weighted by Gasteiger charge is -2.30. The lowest BCUT2D eigenvalue weighted by atomic mass is 9.92. The van der Waals surface area contributed by atoms with Gasteiger partial charge in [-0.1, -0.05) is 13.8 Å². The van der Waals surface area contributed by atoms with Crippen molar-refractivity contribution in [3.8, 4) is 0 Å². The average molecular weight is 378 g/mol. The SMILES string of the molecule is CC(C)CC(C)(CN)NS(=O)(=O)c1ccc2c(c1)oc(=O)n2C.Cl. The summed E-state index contributed by atoms with van der Waals surface area (Å²) < 4.78 is 34.3. The Morgan fingerprint density at radius 3 is 2.54 bits per heavy atom. The summed E-state index contributed by atoms with van der Waals surface area (Å²) in [5, 5.41) is 0. The smallest absolute Gasteiger partial charge is 0.408 e. The van der Waals surface area contributed by atoms with Crippen molar-refractivity contribution in [2.75, 3.05) is 6.54 Å². The Hall–Kier alpha value is -1.35. The Labute approximate surface area is 147 Å². The van der Waals surface area contributed by atoms with E-state index in [1.165, 1.54) is 16.7 Å². The Kier molecular flexibility index (Phi) is 6.26. The monoisotopic (exact) mass is 377 g/mol. The number of sulfonamides is 1. The highest BCUT2D eigenvalue weighted by molar-refractivity contribution is 7.89. The van der Waals surface area contributed by atoms with Gasteiger partial charge >= 0.3 is 5.76 Å². The van der Waals surface area contributed by atoms with Gasteiger partial charge in [-0.05, 0) is 31.4 Å². The zero-order valence-corrected chi connectivity index (χ0v) is 15.8. The molecule has 24 heavy (non-hydrogen) atoms. The molecule has 0 aliphatic heterocycles. The van der Waals surface area contributed by atoms with Crippen LogP contribution in [0.2, 0.25) is 0 Å². The molecule has 0 amide bonds. The van der Waals surface area contributed by atoms with Crippen LogP contribution in [0.25, 0.3) is 11.1 Å². The molecule has 0 saturated carbocycles. The summed E-state index contributed by atoms with van der Waals surface area (Å²) >= 11 is 0. The molecule has 2 aromatic rings. The van der Waals surface area contributed by atoms with E-state index in [4.69, 9.17) is 10.2 Å². The van der Waals surface area contributed by atoms with Crippen LogP contribution in [-0.2, 0) is 17.1 Å². The second kappa shape index (κ2) is 7.26. The summed E-state index contributed by atoms with van der Waals surface area (Å²) in [5.41, 5.74) is 5.80. The first-order valence-corrected chi connectivity index (χ1v) is 8.90. The van der Waals surface area contributed by atoms with Crippen molar-refractivity contribution in [2.45, 2.75) is 37.6 Å². The lowest BCUT2D eigenvalue weighted by molar-refractivity contribution is 0.344. The highest BCUT2D eigenvalue weighted by Gasteiger charge is 2.30. The summed E-state index contributed by atoms with van der Waals surface area (Å²) in [7, 11) is -2.21. The van der Waals surface area contributed by atoms with Crippen LogP contribution >= 0.6 is 12.4 Å². The number of hydrogen-bond acceptors (Lipinski definition) is 5. The fourth-order valence-corrected chi connectivity index (χ4v) is 4.18. The minimum atomic E-state index is -3.77. The molecule has 1 aromatic carbocycles. The average Bonchev–Trinajstić information content (AvgIpc) is 2.72. The van der Waals surface area contributed by atoms with Crippen molar-refractivity contribution in [3.63, 3.8) is 0 Å². The topological polar surface area (TPSA) is 107 Å². The van der Waals surface area contributed by atoms with Crippen molar-refractivity contribution < 1.29 is 12.8 Å². The zero-order valence-electron chi connectivity index (χ0n) is 14.2. The van der Waals surface area contributed by atoms with Gasteiger partial charge in [-0.25, -0.2) is 17.9 Å². The number of benzene rings is 1. The molecule has 9 heteroatoms. The number of nitrogens with two attached hydrogens (primary N) is 1. The molecule has 136 valence electrons. The molecular weight excluding hydrogens is 354 g/mol. The molecule has 1 heterocycles. The predicted octanol–water partition coefficient (Wildman–Crippen LogP) is 1.60. The van der Waals surface area contributed by atoms with Gasteiger partial charge in [0.1, 0.15) is 0 Å².